The zero-order valence-electron chi connectivity index (χ0n) is 19.0. The molecule has 0 saturated carbocycles. The predicted octanol–water partition coefficient (Wildman–Crippen LogP) is 2.49. The molecule has 0 aromatic heterocycles. The summed E-state index contributed by atoms with van der Waals surface area (Å²) < 4.78 is 30.7. The Balaban J connectivity index is 2.15. The Labute approximate surface area is 182 Å². The number of rotatable bonds is 8. The fourth-order valence-corrected chi connectivity index (χ4v) is 3.91. The van der Waals surface area contributed by atoms with Crippen molar-refractivity contribution in [1.82, 2.24) is 9.80 Å². The lowest BCUT2D eigenvalue weighted by atomic mass is 10.1. The Hall–Kier alpha value is -1.84. The molecule has 1 aliphatic heterocycles. The van der Waals surface area contributed by atoms with Gasteiger partial charge in [-0.1, -0.05) is 6.07 Å². The van der Waals surface area contributed by atoms with Crippen LogP contribution in [0.15, 0.2) is 18.2 Å². The van der Waals surface area contributed by atoms with Crippen molar-refractivity contribution in [1.29, 1.82) is 0 Å². The van der Waals surface area contributed by atoms with Crippen molar-refractivity contribution in [2.45, 2.75) is 32.9 Å². The third-order valence-electron chi connectivity index (χ3n) is 4.67. The van der Waals surface area contributed by atoms with E-state index in [-0.39, 0.29) is 6.09 Å². The lowest BCUT2D eigenvalue weighted by Crippen LogP contribution is -2.42. The van der Waals surface area contributed by atoms with Gasteiger partial charge < -0.3 is 19.1 Å². The lowest BCUT2D eigenvalue weighted by Gasteiger charge is -2.30. The van der Waals surface area contributed by atoms with E-state index in [0.29, 0.717) is 18.8 Å². The highest BCUT2D eigenvalue weighted by Gasteiger charge is 2.22. The molecule has 0 N–H and O–H groups in total. The van der Waals surface area contributed by atoms with Gasteiger partial charge in [0.2, 0.25) is 0 Å². The van der Waals surface area contributed by atoms with Crippen LogP contribution in [0.4, 0.5) is 10.5 Å². The molecule has 8 nitrogen and oxygen atoms in total. The van der Waals surface area contributed by atoms with Crippen LogP contribution in [0.2, 0.25) is 0 Å². The van der Waals surface area contributed by atoms with Crippen molar-refractivity contribution in [3.05, 3.63) is 23.8 Å². The molecule has 2 rings (SSSR count). The van der Waals surface area contributed by atoms with Gasteiger partial charge in [0, 0.05) is 46.0 Å². The Kier molecular flexibility index (Phi) is 8.93. The number of amides is 1. The number of benzene rings is 1. The second-order valence-corrected chi connectivity index (χ2v) is 9.61. The fraction of sp³-hybridized carbons (Fsp3) is 0.667. The second-order valence-electron chi connectivity index (χ2n) is 8.32. The van der Waals surface area contributed by atoms with E-state index in [1.54, 1.807) is 20.4 Å². The van der Waals surface area contributed by atoms with Crippen molar-refractivity contribution < 1.29 is 23.2 Å². The van der Waals surface area contributed by atoms with E-state index in [0.717, 1.165) is 44.1 Å². The number of carbonyl (C=O) groups is 1. The number of morpholine rings is 1. The van der Waals surface area contributed by atoms with Crippen molar-refractivity contribution in [3.8, 4) is 5.75 Å². The predicted molar refractivity (Wildman–Crippen MR) is 119 cm³/mol. The van der Waals surface area contributed by atoms with Gasteiger partial charge in [-0.25, -0.2) is 9.00 Å². The fourth-order valence-electron chi connectivity index (χ4n) is 3.15. The molecule has 1 aromatic rings. The minimum absolute atomic E-state index is 0.375. The molecule has 1 unspecified atom stereocenters. The summed E-state index contributed by atoms with van der Waals surface area (Å²) in [5.74, 6) is 0.649. The molecule has 1 amide bonds. The zero-order chi connectivity index (χ0) is 22.3. The van der Waals surface area contributed by atoms with Gasteiger partial charge in [0.25, 0.3) is 0 Å². The summed E-state index contributed by atoms with van der Waals surface area (Å²) in [7, 11) is 2.08. The van der Waals surface area contributed by atoms with E-state index in [1.807, 2.05) is 43.3 Å². The maximum absolute atomic E-state index is 12.5. The molecule has 1 aliphatic rings. The highest BCUT2D eigenvalue weighted by molar-refractivity contribution is 7.85. The minimum atomic E-state index is -1.22. The topological polar surface area (TPSA) is 71.6 Å². The molecule has 0 aliphatic carbocycles. The first kappa shape index (κ1) is 24.4. The van der Waals surface area contributed by atoms with Crippen LogP contribution in [0.3, 0.4) is 0 Å². The standard InChI is InChI=1S/C21H35N3O5S/c1-21(2,3)29-20(25)22(4)16-17-7-8-19(27-5)18(15-17)24(30(6)26)10-9-23-11-13-28-14-12-23/h7-8,15H,9-14,16H2,1-6H3. The second kappa shape index (κ2) is 11.0. The summed E-state index contributed by atoms with van der Waals surface area (Å²) in [4.78, 5) is 16.1. The van der Waals surface area contributed by atoms with Crippen LogP contribution in [0.25, 0.3) is 0 Å². The third-order valence-corrected chi connectivity index (χ3v) is 5.67. The zero-order valence-corrected chi connectivity index (χ0v) is 19.8. The van der Waals surface area contributed by atoms with Crippen LogP contribution in [-0.4, -0.2) is 85.5 Å². The number of carbonyl (C=O) groups excluding carboxylic acids is 1. The average molecular weight is 442 g/mol. The molecule has 0 radical (unpaired) electrons. The molecule has 1 saturated heterocycles. The van der Waals surface area contributed by atoms with Crippen LogP contribution in [0, 0.1) is 0 Å². The maximum Gasteiger partial charge on any atom is 0.410 e. The molecule has 0 spiro atoms. The van der Waals surface area contributed by atoms with Crippen LogP contribution >= 0.6 is 0 Å². The van der Waals surface area contributed by atoms with Gasteiger partial charge in [0.1, 0.15) is 22.3 Å². The first-order valence-corrected chi connectivity index (χ1v) is 11.6. The van der Waals surface area contributed by atoms with Crippen molar-refractivity contribution in [3.63, 3.8) is 0 Å². The van der Waals surface area contributed by atoms with E-state index in [1.165, 1.54) is 4.90 Å². The van der Waals surface area contributed by atoms with Crippen LogP contribution in [-0.2, 0) is 27.0 Å². The van der Waals surface area contributed by atoms with E-state index in [4.69, 9.17) is 14.2 Å². The Morgan fingerprint density at radius 1 is 1.27 bits per heavy atom. The molecule has 1 fully saturated rings. The van der Waals surface area contributed by atoms with E-state index >= 15 is 0 Å². The van der Waals surface area contributed by atoms with Gasteiger partial charge in [-0.05, 0) is 38.5 Å². The third kappa shape index (κ3) is 7.45. The van der Waals surface area contributed by atoms with Crippen molar-refractivity contribution in [2.24, 2.45) is 0 Å². The molecular weight excluding hydrogens is 406 g/mol. The van der Waals surface area contributed by atoms with Gasteiger partial charge in [-0.3, -0.25) is 9.21 Å². The minimum Gasteiger partial charge on any atom is -0.495 e. The number of ether oxygens (including phenoxy) is 3. The molecule has 30 heavy (non-hydrogen) atoms. The molecule has 170 valence electrons. The smallest absolute Gasteiger partial charge is 0.410 e. The van der Waals surface area contributed by atoms with E-state index in [9.17, 15) is 9.00 Å². The van der Waals surface area contributed by atoms with Gasteiger partial charge >= 0.3 is 6.09 Å². The summed E-state index contributed by atoms with van der Waals surface area (Å²) in [5.41, 5.74) is 1.11. The number of methoxy groups -OCH3 is 1. The molecule has 9 heteroatoms. The molecule has 1 atom stereocenters. The maximum atomic E-state index is 12.5. The van der Waals surface area contributed by atoms with Crippen molar-refractivity contribution in [2.75, 3.05) is 64.1 Å². The normalized spacial score (nSPS) is 16.1. The lowest BCUT2D eigenvalue weighted by molar-refractivity contribution is 0.0285. The van der Waals surface area contributed by atoms with E-state index in [2.05, 4.69) is 4.90 Å². The van der Waals surface area contributed by atoms with Gasteiger partial charge in [0.05, 0.1) is 26.0 Å². The quantitative estimate of drug-likeness (QED) is 0.617. The summed E-state index contributed by atoms with van der Waals surface area (Å²) >= 11 is 0. The summed E-state index contributed by atoms with van der Waals surface area (Å²) in [6.07, 6.45) is 1.28. The molecular formula is C21H35N3O5S. The van der Waals surface area contributed by atoms with Crippen LogP contribution in [0.1, 0.15) is 26.3 Å². The summed E-state index contributed by atoms with van der Waals surface area (Å²) in [6, 6.07) is 5.69. The van der Waals surface area contributed by atoms with Gasteiger partial charge in [-0.2, -0.15) is 0 Å². The molecule has 1 heterocycles. The van der Waals surface area contributed by atoms with Gasteiger partial charge in [-0.15, -0.1) is 0 Å². The first-order valence-electron chi connectivity index (χ1n) is 10.1. The number of nitrogens with zero attached hydrogens (tertiary/aromatic N) is 3. The van der Waals surface area contributed by atoms with Crippen molar-refractivity contribution >= 4 is 22.8 Å². The Morgan fingerprint density at radius 2 is 1.93 bits per heavy atom. The van der Waals surface area contributed by atoms with Crippen LogP contribution in [0.5, 0.6) is 5.75 Å². The van der Waals surface area contributed by atoms with E-state index < -0.39 is 16.6 Å². The first-order chi connectivity index (χ1) is 14.1. The number of hydrogen-bond donors (Lipinski definition) is 0. The summed E-state index contributed by atoms with van der Waals surface area (Å²) in [5, 5.41) is 0. The Bertz CT molecular complexity index is 732. The number of hydrogen-bond acceptors (Lipinski definition) is 6. The monoisotopic (exact) mass is 441 g/mol. The number of anilines is 1. The van der Waals surface area contributed by atoms with Gasteiger partial charge in [0.15, 0.2) is 0 Å². The molecule has 1 aromatic carbocycles. The Morgan fingerprint density at radius 3 is 2.50 bits per heavy atom. The van der Waals surface area contributed by atoms with Crippen LogP contribution < -0.4 is 9.04 Å². The SMILES string of the molecule is COc1ccc(CN(C)C(=O)OC(C)(C)C)cc1N(CCN1CCOCC1)S(C)=O. The average Bonchev–Trinajstić information content (AvgIpc) is 2.67. The summed E-state index contributed by atoms with van der Waals surface area (Å²) in [6.45, 7) is 10.5. The largest absolute Gasteiger partial charge is 0.495 e. The highest BCUT2D eigenvalue weighted by Crippen LogP contribution is 2.31. The highest BCUT2D eigenvalue weighted by atomic mass is 32.2. The molecule has 0 bridgehead atoms.